The summed E-state index contributed by atoms with van der Waals surface area (Å²) in [5, 5.41) is 11.3. The monoisotopic (exact) mass is 389 g/mol. The van der Waals surface area contributed by atoms with Gasteiger partial charge in [-0.15, -0.1) is 0 Å². The van der Waals surface area contributed by atoms with Crippen molar-refractivity contribution in [2.24, 2.45) is 5.73 Å². The number of nitrogens with zero attached hydrogens (tertiary/aromatic N) is 1. The molecule has 2 rings (SSSR count). The molecule has 1 saturated heterocycles. The highest BCUT2D eigenvalue weighted by Crippen LogP contribution is 2.36. The van der Waals surface area contributed by atoms with Gasteiger partial charge in [-0.1, -0.05) is 0 Å². The fourth-order valence-corrected chi connectivity index (χ4v) is 2.87. The van der Waals surface area contributed by atoms with Crippen molar-refractivity contribution < 1.29 is 37.4 Å². The summed E-state index contributed by atoms with van der Waals surface area (Å²) >= 11 is 0. The van der Waals surface area contributed by atoms with Gasteiger partial charge in [0, 0.05) is 18.7 Å². The van der Waals surface area contributed by atoms with Crippen molar-refractivity contribution in [1.29, 1.82) is 0 Å². The molecule has 148 valence electrons. The van der Waals surface area contributed by atoms with Gasteiger partial charge in [-0.3, -0.25) is 9.59 Å². The van der Waals surface area contributed by atoms with Crippen LogP contribution in [0.2, 0.25) is 0 Å². The molecule has 8 nitrogen and oxygen atoms in total. The number of likely N-dealkylation sites (tertiary alicyclic amines) is 1. The predicted molar refractivity (Wildman–Crippen MR) is 86.2 cm³/mol. The fourth-order valence-electron chi connectivity index (χ4n) is 2.87. The summed E-state index contributed by atoms with van der Waals surface area (Å²) in [6, 6.07) is 2.75. The molecule has 0 spiro atoms. The maximum Gasteiger partial charge on any atom is 0.419 e. The lowest BCUT2D eigenvalue weighted by Crippen LogP contribution is -2.62. The number of nitrogens with one attached hydrogen (secondary N) is 1. The third-order valence-corrected chi connectivity index (χ3v) is 4.48. The Hall–Kier alpha value is -2.98. The summed E-state index contributed by atoms with van der Waals surface area (Å²) in [6.45, 7) is -0.0933. The van der Waals surface area contributed by atoms with Crippen molar-refractivity contribution in [2.45, 2.75) is 24.6 Å². The van der Waals surface area contributed by atoms with E-state index in [2.05, 4.69) is 10.1 Å². The quantitative estimate of drug-likeness (QED) is 0.719. The first-order chi connectivity index (χ1) is 12.5. The van der Waals surface area contributed by atoms with Crippen LogP contribution in [-0.4, -0.2) is 53.7 Å². The van der Waals surface area contributed by atoms with Gasteiger partial charge in [-0.2, -0.15) is 13.2 Å². The molecule has 0 aromatic heterocycles. The summed E-state index contributed by atoms with van der Waals surface area (Å²) in [6.07, 6.45) is -6.08. The van der Waals surface area contributed by atoms with E-state index in [1.807, 2.05) is 0 Å². The number of hydrogen-bond acceptors (Lipinski definition) is 4. The van der Waals surface area contributed by atoms with Crippen LogP contribution in [0.25, 0.3) is 0 Å². The number of ether oxygens (including phenoxy) is 1. The Kier molecular flexibility index (Phi) is 5.52. The number of alkyl halides is 3. The predicted octanol–water partition coefficient (Wildman–Crippen LogP) is 1.44. The van der Waals surface area contributed by atoms with E-state index in [9.17, 15) is 27.6 Å². The molecule has 0 atom stereocenters. The summed E-state index contributed by atoms with van der Waals surface area (Å²) in [5.74, 6) is -2.25. The summed E-state index contributed by atoms with van der Waals surface area (Å²) in [7, 11) is 1.07. The number of carbonyl (C=O) groups excluding carboxylic acids is 2. The number of methoxy groups -OCH3 is 1. The SMILES string of the molecule is COc1ccc(C(=O)NC2(C(N)=O)CCN(C(=O)O)CC2)cc1C(F)(F)F. The second-order valence-corrected chi connectivity index (χ2v) is 6.08. The van der Waals surface area contributed by atoms with Gasteiger partial charge >= 0.3 is 12.3 Å². The number of carboxylic acid groups (broad SMARTS) is 1. The van der Waals surface area contributed by atoms with E-state index in [0.717, 1.165) is 24.1 Å². The molecule has 1 aliphatic rings. The summed E-state index contributed by atoms with van der Waals surface area (Å²) < 4.78 is 44.0. The zero-order valence-corrected chi connectivity index (χ0v) is 14.3. The lowest BCUT2D eigenvalue weighted by atomic mass is 9.86. The molecule has 0 bridgehead atoms. The van der Waals surface area contributed by atoms with Gasteiger partial charge in [0.15, 0.2) is 0 Å². The van der Waals surface area contributed by atoms with E-state index < -0.39 is 40.9 Å². The zero-order chi connectivity index (χ0) is 20.4. The minimum atomic E-state index is -4.74. The van der Waals surface area contributed by atoms with Crippen LogP contribution in [-0.2, 0) is 11.0 Å². The molecule has 1 aromatic rings. The number of primary amides is 1. The largest absolute Gasteiger partial charge is 0.496 e. The fraction of sp³-hybridized carbons (Fsp3) is 0.438. The van der Waals surface area contributed by atoms with Gasteiger partial charge in [0.05, 0.1) is 12.7 Å². The standard InChI is InChI=1S/C16H18F3N3O5/c1-27-11-3-2-9(8-10(11)16(17,18)19)12(23)21-15(13(20)24)4-6-22(7-5-15)14(25)26/h2-3,8H,4-7H2,1H3,(H2,20,24)(H,21,23)(H,25,26). The van der Waals surface area contributed by atoms with Crippen molar-refractivity contribution in [1.82, 2.24) is 10.2 Å². The number of carbonyl (C=O) groups is 3. The van der Waals surface area contributed by atoms with Crippen molar-refractivity contribution in [3.8, 4) is 5.75 Å². The van der Waals surface area contributed by atoms with Crippen molar-refractivity contribution in [2.75, 3.05) is 20.2 Å². The Morgan fingerprint density at radius 2 is 1.85 bits per heavy atom. The third-order valence-electron chi connectivity index (χ3n) is 4.48. The molecule has 1 fully saturated rings. The lowest BCUT2D eigenvalue weighted by Gasteiger charge is -2.39. The van der Waals surface area contributed by atoms with Crippen molar-refractivity contribution >= 4 is 17.9 Å². The van der Waals surface area contributed by atoms with Crippen LogP contribution >= 0.6 is 0 Å². The minimum absolute atomic E-state index is 0.0467. The van der Waals surface area contributed by atoms with Crippen LogP contribution in [0.5, 0.6) is 5.75 Å². The molecule has 27 heavy (non-hydrogen) atoms. The van der Waals surface area contributed by atoms with Gasteiger partial charge in [0.2, 0.25) is 5.91 Å². The van der Waals surface area contributed by atoms with Gasteiger partial charge in [0.1, 0.15) is 11.3 Å². The first-order valence-electron chi connectivity index (χ1n) is 7.86. The molecule has 3 amide bonds. The number of rotatable bonds is 4. The van der Waals surface area contributed by atoms with E-state index >= 15 is 0 Å². The Balaban J connectivity index is 2.27. The molecule has 4 N–H and O–H groups in total. The maximum atomic E-state index is 13.1. The Morgan fingerprint density at radius 1 is 1.26 bits per heavy atom. The topological polar surface area (TPSA) is 122 Å². The van der Waals surface area contributed by atoms with Gasteiger partial charge in [0.25, 0.3) is 5.91 Å². The van der Waals surface area contributed by atoms with Crippen LogP contribution in [0, 0.1) is 0 Å². The Morgan fingerprint density at radius 3 is 2.30 bits per heavy atom. The highest BCUT2D eigenvalue weighted by Gasteiger charge is 2.43. The Labute approximate surface area is 152 Å². The average molecular weight is 389 g/mol. The molecule has 0 saturated carbocycles. The summed E-state index contributed by atoms with van der Waals surface area (Å²) in [4.78, 5) is 36.4. The molecule has 0 radical (unpaired) electrons. The van der Waals surface area contributed by atoms with Crippen LogP contribution < -0.4 is 15.8 Å². The number of benzene rings is 1. The van der Waals surface area contributed by atoms with E-state index in [0.29, 0.717) is 6.07 Å². The Bertz CT molecular complexity index is 758. The normalized spacial score (nSPS) is 16.5. The van der Waals surface area contributed by atoms with Crippen molar-refractivity contribution in [3.05, 3.63) is 29.3 Å². The number of amides is 3. The molecular formula is C16H18F3N3O5. The van der Waals surface area contributed by atoms with Crippen LogP contribution in [0.4, 0.5) is 18.0 Å². The van der Waals surface area contributed by atoms with Crippen molar-refractivity contribution in [3.63, 3.8) is 0 Å². The maximum absolute atomic E-state index is 13.1. The van der Waals surface area contributed by atoms with Gasteiger partial charge < -0.3 is 25.8 Å². The van der Waals surface area contributed by atoms with Crippen LogP contribution in [0.1, 0.15) is 28.8 Å². The smallest absolute Gasteiger partial charge is 0.419 e. The second-order valence-electron chi connectivity index (χ2n) is 6.08. The van der Waals surface area contributed by atoms with E-state index in [1.165, 1.54) is 0 Å². The minimum Gasteiger partial charge on any atom is -0.496 e. The second kappa shape index (κ2) is 7.33. The lowest BCUT2D eigenvalue weighted by molar-refractivity contribution is -0.138. The third kappa shape index (κ3) is 4.23. The van der Waals surface area contributed by atoms with Gasteiger partial charge in [-0.05, 0) is 31.0 Å². The van der Waals surface area contributed by atoms with Gasteiger partial charge in [-0.25, -0.2) is 4.79 Å². The van der Waals surface area contributed by atoms with Crippen LogP contribution in [0.3, 0.4) is 0 Å². The molecular weight excluding hydrogens is 371 g/mol. The summed E-state index contributed by atoms with van der Waals surface area (Å²) in [5.41, 5.74) is 2.37. The number of nitrogens with two attached hydrogens (primary N) is 1. The zero-order valence-electron chi connectivity index (χ0n) is 14.3. The van der Waals surface area contributed by atoms with E-state index in [4.69, 9.17) is 10.8 Å². The highest BCUT2D eigenvalue weighted by atomic mass is 19.4. The molecule has 0 unspecified atom stereocenters. The number of halogens is 3. The average Bonchev–Trinajstić information content (AvgIpc) is 2.60. The molecule has 1 heterocycles. The molecule has 1 aliphatic heterocycles. The number of piperidine rings is 1. The van der Waals surface area contributed by atoms with Crippen LogP contribution in [0.15, 0.2) is 18.2 Å². The van der Waals surface area contributed by atoms with E-state index in [-0.39, 0.29) is 31.5 Å². The first kappa shape index (κ1) is 20.3. The number of hydrogen-bond donors (Lipinski definition) is 3. The molecule has 11 heteroatoms. The highest BCUT2D eigenvalue weighted by molar-refractivity contribution is 5.99. The molecule has 1 aromatic carbocycles. The molecule has 0 aliphatic carbocycles. The first-order valence-corrected chi connectivity index (χ1v) is 7.86. The van der Waals surface area contributed by atoms with E-state index in [1.54, 1.807) is 0 Å².